The van der Waals surface area contributed by atoms with Crippen molar-refractivity contribution in [1.82, 2.24) is 5.32 Å². The van der Waals surface area contributed by atoms with Gasteiger partial charge in [-0.2, -0.15) is 0 Å². The Labute approximate surface area is 97.3 Å². The minimum atomic E-state index is -0.478. The van der Waals surface area contributed by atoms with Crippen molar-refractivity contribution in [3.63, 3.8) is 0 Å². The predicted octanol–water partition coefficient (Wildman–Crippen LogP) is 0.687. The second kappa shape index (κ2) is 5.96. The molecule has 16 heavy (non-hydrogen) atoms. The highest BCUT2D eigenvalue weighted by Crippen LogP contribution is 2.27. The largest absolute Gasteiger partial charge is 0.389 e. The lowest BCUT2D eigenvalue weighted by Crippen LogP contribution is -2.46. The van der Waals surface area contributed by atoms with Crippen LogP contribution in [0.2, 0.25) is 0 Å². The Bertz CT molecular complexity index is 198. The third-order valence-corrected chi connectivity index (χ3v) is 3.50. The lowest BCUT2D eigenvalue weighted by molar-refractivity contribution is -0.0884. The molecule has 0 bridgehead atoms. The van der Waals surface area contributed by atoms with Gasteiger partial charge in [-0.1, -0.05) is 19.3 Å². The molecule has 1 saturated carbocycles. The van der Waals surface area contributed by atoms with Gasteiger partial charge in [0.05, 0.1) is 31.5 Å². The molecular formula is C12H23NO3. The van der Waals surface area contributed by atoms with Crippen LogP contribution in [0.25, 0.3) is 0 Å². The van der Waals surface area contributed by atoms with E-state index < -0.39 is 5.60 Å². The zero-order valence-corrected chi connectivity index (χ0v) is 9.91. The van der Waals surface area contributed by atoms with Crippen molar-refractivity contribution in [3.8, 4) is 0 Å². The van der Waals surface area contributed by atoms with E-state index >= 15 is 0 Å². The Morgan fingerprint density at radius 3 is 2.69 bits per heavy atom. The summed E-state index contributed by atoms with van der Waals surface area (Å²) in [5.74, 6) is 0. The van der Waals surface area contributed by atoms with Gasteiger partial charge in [-0.15, -0.1) is 0 Å². The molecule has 1 aliphatic heterocycles. The standard InChI is InChI=1S/C12H23NO3/c14-12(4-2-1-3-5-12)10-13-8-11-9-15-6-7-16-11/h11,13-14H,1-10H2. The second-order valence-corrected chi connectivity index (χ2v) is 4.98. The second-order valence-electron chi connectivity index (χ2n) is 4.98. The molecule has 2 aliphatic rings. The van der Waals surface area contributed by atoms with Crippen LogP contribution in [-0.2, 0) is 9.47 Å². The van der Waals surface area contributed by atoms with Gasteiger partial charge in [0.2, 0.25) is 0 Å². The van der Waals surface area contributed by atoms with Crippen LogP contribution in [0.1, 0.15) is 32.1 Å². The van der Waals surface area contributed by atoms with E-state index in [2.05, 4.69) is 5.32 Å². The highest BCUT2D eigenvalue weighted by atomic mass is 16.6. The first-order valence-corrected chi connectivity index (χ1v) is 6.41. The minimum Gasteiger partial charge on any atom is -0.389 e. The summed E-state index contributed by atoms with van der Waals surface area (Å²) >= 11 is 0. The van der Waals surface area contributed by atoms with Gasteiger partial charge in [-0.3, -0.25) is 0 Å². The molecule has 4 nitrogen and oxygen atoms in total. The molecule has 0 radical (unpaired) electrons. The molecule has 0 spiro atoms. The Morgan fingerprint density at radius 2 is 2.00 bits per heavy atom. The fourth-order valence-electron chi connectivity index (χ4n) is 2.51. The molecule has 1 aliphatic carbocycles. The Hall–Kier alpha value is -0.160. The summed E-state index contributed by atoms with van der Waals surface area (Å²) in [4.78, 5) is 0. The number of nitrogens with one attached hydrogen (secondary N) is 1. The van der Waals surface area contributed by atoms with E-state index in [1.165, 1.54) is 6.42 Å². The predicted molar refractivity (Wildman–Crippen MR) is 61.5 cm³/mol. The van der Waals surface area contributed by atoms with Crippen molar-refractivity contribution in [2.24, 2.45) is 0 Å². The van der Waals surface area contributed by atoms with Gasteiger partial charge in [0, 0.05) is 13.1 Å². The molecular weight excluding hydrogens is 206 g/mol. The van der Waals surface area contributed by atoms with Gasteiger partial charge in [-0.25, -0.2) is 0 Å². The molecule has 2 N–H and O–H groups in total. The summed E-state index contributed by atoms with van der Waals surface area (Å²) in [6.45, 7) is 3.54. The highest BCUT2D eigenvalue weighted by molar-refractivity contribution is 4.84. The van der Waals surface area contributed by atoms with Crippen LogP contribution < -0.4 is 5.32 Å². The number of ether oxygens (including phenoxy) is 2. The Balaban J connectivity index is 1.62. The first-order valence-electron chi connectivity index (χ1n) is 6.41. The molecule has 0 aromatic heterocycles. The van der Waals surface area contributed by atoms with Crippen LogP contribution in [0.3, 0.4) is 0 Å². The number of hydrogen-bond acceptors (Lipinski definition) is 4. The molecule has 2 rings (SSSR count). The van der Waals surface area contributed by atoms with Crippen LogP contribution in [0.5, 0.6) is 0 Å². The topological polar surface area (TPSA) is 50.7 Å². The fourth-order valence-corrected chi connectivity index (χ4v) is 2.51. The van der Waals surface area contributed by atoms with Crippen LogP contribution >= 0.6 is 0 Å². The van der Waals surface area contributed by atoms with E-state index in [-0.39, 0.29) is 6.10 Å². The zero-order chi connectivity index (χ0) is 11.3. The molecule has 0 amide bonds. The van der Waals surface area contributed by atoms with Gasteiger partial charge in [0.25, 0.3) is 0 Å². The monoisotopic (exact) mass is 229 g/mol. The summed E-state index contributed by atoms with van der Waals surface area (Å²) in [6.07, 6.45) is 5.59. The number of aliphatic hydroxyl groups is 1. The maximum Gasteiger partial charge on any atom is 0.0933 e. The first kappa shape index (κ1) is 12.3. The lowest BCUT2D eigenvalue weighted by atomic mass is 9.85. The van der Waals surface area contributed by atoms with Crippen LogP contribution in [0.15, 0.2) is 0 Å². The highest BCUT2D eigenvalue weighted by Gasteiger charge is 2.28. The fraction of sp³-hybridized carbons (Fsp3) is 1.00. The molecule has 94 valence electrons. The SMILES string of the molecule is OC1(CNCC2COCCO2)CCCCC1. The molecule has 2 fully saturated rings. The van der Waals surface area contributed by atoms with Crippen LogP contribution in [-0.4, -0.2) is 49.7 Å². The molecule has 0 aromatic carbocycles. The normalized spacial score (nSPS) is 30.2. The smallest absolute Gasteiger partial charge is 0.0933 e. The van der Waals surface area contributed by atoms with E-state index in [1.54, 1.807) is 0 Å². The Kier molecular flexibility index (Phi) is 4.58. The first-order chi connectivity index (χ1) is 7.79. The van der Waals surface area contributed by atoms with E-state index in [1.807, 2.05) is 0 Å². The van der Waals surface area contributed by atoms with Gasteiger partial charge >= 0.3 is 0 Å². The molecule has 1 heterocycles. The van der Waals surface area contributed by atoms with E-state index in [4.69, 9.17) is 9.47 Å². The summed E-state index contributed by atoms with van der Waals surface area (Å²) in [6, 6.07) is 0. The lowest BCUT2D eigenvalue weighted by Gasteiger charge is -2.33. The van der Waals surface area contributed by atoms with Crippen LogP contribution in [0.4, 0.5) is 0 Å². The van der Waals surface area contributed by atoms with Crippen molar-refractivity contribution in [2.75, 3.05) is 32.9 Å². The maximum absolute atomic E-state index is 10.3. The van der Waals surface area contributed by atoms with Crippen molar-refractivity contribution < 1.29 is 14.6 Å². The van der Waals surface area contributed by atoms with Crippen molar-refractivity contribution in [3.05, 3.63) is 0 Å². The van der Waals surface area contributed by atoms with Crippen LogP contribution in [0, 0.1) is 0 Å². The molecule has 4 heteroatoms. The summed E-state index contributed by atoms with van der Waals surface area (Å²) < 4.78 is 10.9. The van der Waals surface area contributed by atoms with Crippen molar-refractivity contribution in [1.29, 1.82) is 0 Å². The summed E-state index contributed by atoms with van der Waals surface area (Å²) in [5, 5.41) is 13.6. The Morgan fingerprint density at radius 1 is 1.19 bits per heavy atom. The average Bonchev–Trinajstić information content (AvgIpc) is 2.31. The van der Waals surface area contributed by atoms with Gasteiger partial charge in [0.15, 0.2) is 0 Å². The molecule has 1 atom stereocenters. The van der Waals surface area contributed by atoms with E-state index in [9.17, 15) is 5.11 Å². The minimum absolute atomic E-state index is 0.154. The van der Waals surface area contributed by atoms with Crippen molar-refractivity contribution in [2.45, 2.75) is 43.8 Å². The van der Waals surface area contributed by atoms with Gasteiger partial charge in [0.1, 0.15) is 0 Å². The molecule has 0 aromatic rings. The maximum atomic E-state index is 10.3. The summed E-state index contributed by atoms with van der Waals surface area (Å²) in [5.41, 5.74) is -0.478. The van der Waals surface area contributed by atoms with E-state index in [0.29, 0.717) is 26.4 Å². The van der Waals surface area contributed by atoms with E-state index in [0.717, 1.165) is 32.2 Å². The average molecular weight is 229 g/mol. The van der Waals surface area contributed by atoms with Gasteiger partial charge < -0.3 is 19.9 Å². The van der Waals surface area contributed by atoms with Crippen molar-refractivity contribution >= 4 is 0 Å². The third kappa shape index (κ3) is 3.70. The third-order valence-electron chi connectivity index (χ3n) is 3.50. The summed E-state index contributed by atoms with van der Waals surface area (Å²) in [7, 11) is 0. The number of hydrogen-bond donors (Lipinski definition) is 2. The zero-order valence-electron chi connectivity index (χ0n) is 9.91. The van der Waals surface area contributed by atoms with Gasteiger partial charge in [-0.05, 0) is 12.8 Å². The number of rotatable bonds is 4. The molecule has 1 unspecified atom stereocenters. The molecule has 1 saturated heterocycles. The quantitative estimate of drug-likeness (QED) is 0.744.